The third-order valence-electron chi connectivity index (χ3n) is 2.81. The van der Waals surface area contributed by atoms with Crippen LogP contribution >= 0.6 is 23.1 Å². The van der Waals surface area contributed by atoms with Gasteiger partial charge in [0.1, 0.15) is 11.6 Å². The molecule has 1 amide bonds. The van der Waals surface area contributed by atoms with Gasteiger partial charge < -0.3 is 4.90 Å². The highest BCUT2D eigenvalue weighted by Gasteiger charge is 2.34. The molecule has 2 aromatic heterocycles. The van der Waals surface area contributed by atoms with Gasteiger partial charge in [0.25, 0.3) is 5.91 Å². The van der Waals surface area contributed by atoms with Crippen molar-refractivity contribution < 1.29 is 18.0 Å². The van der Waals surface area contributed by atoms with Crippen molar-refractivity contribution in [1.82, 2.24) is 9.88 Å². The third-order valence-corrected chi connectivity index (χ3v) is 4.25. The zero-order valence-corrected chi connectivity index (χ0v) is 13.3. The molecule has 2 heterocycles. The zero-order chi connectivity index (χ0) is 16.2. The van der Waals surface area contributed by atoms with Crippen LogP contribution in [0.2, 0.25) is 0 Å². The van der Waals surface area contributed by atoms with Crippen molar-refractivity contribution in [2.45, 2.75) is 17.7 Å². The molecule has 22 heavy (non-hydrogen) atoms. The van der Waals surface area contributed by atoms with E-state index in [4.69, 9.17) is 0 Å². The molecule has 0 unspecified atom stereocenters. The van der Waals surface area contributed by atoms with E-state index in [0.29, 0.717) is 10.6 Å². The van der Waals surface area contributed by atoms with Gasteiger partial charge in [0, 0.05) is 12.7 Å². The Balaban J connectivity index is 2.29. The molecular weight excluding hydrogens is 333 g/mol. The van der Waals surface area contributed by atoms with E-state index in [1.165, 1.54) is 35.4 Å². The summed E-state index contributed by atoms with van der Waals surface area (Å²) >= 11 is 2.61. The Morgan fingerprint density at radius 2 is 2.18 bits per heavy atom. The van der Waals surface area contributed by atoms with E-state index in [1.54, 1.807) is 29.1 Å². The second-order valence-electron chi connectivity index (χ2n) is 4.47. The predicted octanol–water partition coefficient (Wildman–Crippen LogP) is 4.07. The molecule has 0 fully saturated rings. The van der Waals surface area contributed by atoms with Gasteiger partial charge in [0.05, 0.1) is 5.56 Å². The van der Waals surface area contributed by atoms with Gasteiger partial charge in [-0.15, -0.1) is 11.8 Å². The van der Waals surface area contributed by atoms with Gasteiger partial charge >= 0.3 is 6.18 Å². The summed E-state index contributed by atoms with van der Waals surface area (Å²) in [5.41, 5.74) is 0.867. The number of nitrogens with zero attached hydrogens (tertiary/aromatic N) is 2. The molecule has 3 nitrogen and oxygen atoms in total. The first-order chi connectivity index (χ1) is 10.4. The monoisotopic (exact) mass is 346 g/mol. The number of thioether (sulfide) groups is 1. The van der Waals surface area contributed by atoms with E-state index in [0.717, 1.165) is 4.90 Å². The SMILES string of the molecule is CSc1ncccc1C(=O)N(Cc1ccsc1)CC(F)(F)F. The highest BCUT2D eigenvalue weighted by atomic mass is 32.2. The molecule has 0 aromatic carbocycles. The van der Waals surface area contributed by atoms with Crippen LogP contribution in [0.1, 0.15) is 15.9 Å². The van der Waals surface area contributed by atoms with Crippen molar-refractivity contribution in [2.75, 3.05) is 12.8 Å². The summed E-state index contributed by atoms with van der Waals surface area (Å²) in [6.45, 7) is -1.37. The van der Waals surface area contributed by atoms with Crippen LogP contribution in [0.4, 0.5) is 13.2 Å². The van der Waals surface area contributed by atoms with Crippen LogP contribution in [0.3, 0.4) is 0 Å². The lowest BCUT2D eigenvalue weighted by atomic mass is 10.2. The average Bonchev–Trinajstić information content (AvgIpc) is 2.97. The Kier molecular flexibility index (Phi) is 5.47. The van der Waals surface area contributed by atoms with Crippen molar-refractivity contribution in [3.63, 3.8) is 0 Å². The smallest absolute Gasteiger partial charge is 0.325 e. The number of halogens is 3. The Hall–Kier alpha value is -1.54. The number of aromatic nitrogens is 1. The van der Waals surface area contributed by atoms with E-state index in [-0.39, 0.29) is 12.1 Å². The third kappa shape index (κ3) is 4.48. The summed E-state index contributed by atoms with van der Waals surface area (Å²) in [7, 11) is 0. The molecule has 0 saturated heterocycles. The molecule has 2 aromatic rings. The molecule has 8 heteroatoms. The molecule has 0 atom stereocenters. The maximum Gasteiger partial charge on any atom is 0.406 e. The molecule has 0 saturated carbocycles. The van der Waals surface area contributed by atoms with Gasteiger partial charge in [-0.1, -0.05) is 0 Å². The van der Waals surface area contributed by atoms with Crippen molar-refractivity contribution in [1.29, 1.82) is 0 Å². The number of carbonyl (C=O) groups is 1. The molecule has 0 aliphatic heterocycles. The number of hydrogen-bond acceptors (Lipinski definition) is 4. The highest BCUT2D eigenvalue weighted by Crippen LogP contribution is 2.24. The fourth-order valence-electron chi connectivity index (χ4n) is 1.91. The van der Waals surface area contributed by atoms with Crippen LogP contribution < -0.4 is 0 Å². The molecule has 0 aliphatic carbocycles. The Morgan fingerprint density at radius 1 is 1.41 bits per heavy atom. The Morgan fingerprint density at radius 3 is 2.77 bits per heavy atom. The van der Waals surface area contributed by atoms with Crippen LogP contribution in [0.5, 0.6) is 0 Å². The standard InChI is InChI=1S/C14H13F3N2OS2/c1-21-12-11(3-2-5-18-12)13(20)19(9-14(15,16)17)7-10-4-6-22-8-10/h2-6,8H,7,9H2,1H3. The molecule has 2 rings (SSSR count). The number of amides is 1. The topological polar surface area (TPSA) is 33.2 Å². The van der Waals surface area contributed by atoms with Crippen LogP contribution in [0, 0.1) is 0 Å². The van der Waals surface area contributed by atoms with Crippen LogP contribution in [0.15, 0.2) is 40.2 Å². The highest BCUT2D eigenvalue weighted by molar-refractivity contribution is 7.98. The molecule has 118 valence electrons. The van der Waals surface area contributed by atoms with Gasteiger partial charge in [-0.2, -0.15) is 24.5 Å². The van der Waals surface area contributed by atoms with E-state index < -0.39 is 18.6 Å². The summed E-state index contributed by atoms with van der Waals surface area (Å²) in [6.07, 6.45) is -1.21. The summed E-state index contributed by atoms with van der Waals surface area (Å²) in [5, 5.41) is 3.92. The number of hydrogen-bond donors (Lipinski definition) is 0. The Labute approximate surface area is 134 Å². The van der Waals surface area contributed by atoms with Crippen LogP contribution in [0.25, 0.3) is 0 Å². The minimum Gasteiger partial charge on any atom is -0.325 e. The van der Waals surface area contributed by atoms with Crippen LogP contribution in [-0.4, -0.2) is 34.8 Å². The van der Waals surface area contributed by atoms with E-state index >= 15 is 0 Å². The van der Waals surface area contributed by atoms with Gasteiger partial charge in [-0.25, -0.2) is 4.98 Å². The molecule has 0 spiro atoms. The Bertz CT molecular complexity index is 629. The first-order valence-corrected chi connectivity index (χ1v) is 8.43. The summed E-state index contributed by atoms with van der Waals surface area (Å²) in [5.74, 6) is -0.666. The quantitative estimate of drug-likeness (QED) is 0.765. The lowest BCUT2D eigenvalue weighted by Gasteiger charge is -2.24. The molecular formula is C14H13F3N2OS2. The van der Waals surface area contributed by atoms with Gasteiger partial charge in [0.2, 0.25) is 0 Å². The molecule has 0 radical (unpaired) electrons. The van der Waals surface area contributed by atoms with Gasteiger partial charge in [0.15, 0.2) is 0 Å². The number of rotatable bonds is 5. The molecule has 0 bridgehead atoms. The minimum absolute atomic E-state index is 0.0788. The lowest BCUT2D eigenvalue weighted by Crippen LogP contribution is -2.38. The molecule has 0 N–H and O–H groups in total. The van der Waals surface area contributed by atoms with Gasteiger partial charge in [-0.3, -0.25) is 4.79 Å². The normalized spacial score (nSPS) is 11.5. The second kappa shape index (κ2) is 7.15. The fourth-order valence-corrected chi connectivity index (χ4v) is 3.11. The minimum atomic E-state index is -4.45. The van der Waals surface area contributed by atoms with E-state index in [1.807, 2.05) is 0 Å². The zero-order valence-electron chi connectivity index (χ0n) is 11.6. The van der Waals surface area contributed by atoms with Gasteiger partial charge in [-0.05, 0) is 40.8 Å². The fraction of sp³-hybridized carbons (Fsp3) is 0.286. The predicted molar refractivity (Wildman–Crippen MR) is 81.1 cm³/mol. The average molecular weight is 346 g/mol. The van der Waals surface area contributed by atoms with Crippen molar-refractivity contribution >= 4 is 29.0 Å². The lowest BCUT2D eigenvalue weighted by molar-refractivity contribution is -0.141. The maximum atomic E-state index is 12.8. The summed E-state index contributed by atoms with van der Waals surface area (Å²) < 4.78 is 38.3. The number of alkyl halides is 3. The van der Waals surface area contributed by atoms with E-state index in [2.05, 4.69) is 4.98 Å². The number of thiophene rings is 1. The first-order valence-electron chi connectivity index (χ1n) is 6.27. The summed E-state index contributed by atoms with van der Waals surface area (Å²) in [6, 6.07) is 4.75. The van der Waals surface area contributed by atoms with E-state index in [9.17, 15) is 18.0 Å². The first kappa shape index (κ1) is 16.8. The van der Waals surface area contributed by atoms with Crippen molar-refractivity contribution in [3.05, 3.63) is 46.3 Å². The number of pyridine rings is 1. The van der Waals surface area contributed by atoms with Crippen LogP contribution in [-0.2, 0) is 6.54 Å². The summed E-state index contributed by atoms with van der Waals surface area (Å²) in [4.78, 5) is 17.3. The maximum absolute atomic E-state index is 12.8. The number of carbonyl (C=O) groups excluding carboxylic acids is 1. The van der Waals surface area contributed by atoms with Crippen molar-refractivity contribution in [2.24, 2.45) is 0 Å². The second-order valence-corrected chi connectivity index (χ2v) is 6.04. The van der Waals surface area contributed by atoms with Crippen molar-refractivity contribution in [3.8, 4) is 0 Å². The largest absolute Gasteiger partial charge is 0.406 e. The molecule has 0 aliphatic rings.